The van der Waals surface area contributed by atoms with E-state index in [1.165, 1.54) is 0 Å². The zero-order chi connectivity index (χ0) is 19.0. The molecule has 1 atom stereocenters. The number of nitrogens with zero attached hydrogens (tertiary/aromatic N) is 4. The second-order valence-corrected chi connectivity index (χ2v) is 7.45. The first kappa shape index (κ1) is 17.7. The lowest BCUT2D eigenvalue weighted by Gasteiger charge is -2.33. The van der Waals surface area contributed by atoms with Crippen LogP contribution in [0.25, 0.3) is 10.9 Å². The standard InChI is InChI=1S/C21H25N5O/c1-14(2)22-21(27)19-13-26-11-10-25(15(3)20(26)24-19)12-17-9-8-16-6-4-5-7-18(16)23-17/h4-9,13-15H,10-12H2,1-3H3,(H,22,27). The Hall–Kier alpha value is -2.73. The van der Waals surface area contributed by atoms with Crippen molar-refractivity contribution in [3.05, 3.63) is 59.8 Å². The van der Waals surface area contributed by atoms with Crippen molar-refractivity contribution in [3.63, 3.8) is 0 Å². The molecule has 1 amide bonds. The molecule has 1 unspecified atom stereocenters. The predicted molar refractivity (Wildman–Crippen MR) is 105 cm³/mol. The summed E-state index contributed by atoms with van der Waals surface area (Å²) in [6, 6.07) is 12.6. The van der Waals surface area contributed by atoms with Crippen LogP contribution in [0.2, 0.25) is 0 Å². The van der Waals surface area contributed by atoms with Crippen LogP contribution in [-0.2, 0) is 13.1 Å². The number of imidazole rings is 1. The minimum absolute atomic E-state index is 0.101. The summed E-state index contributed by atoms with van der Waals surface area (Å²) in [5.41, 5.74) is 2.57. The molecule has 6 nitrogen and oxygen atoms in total. The average Bonchev–Trinajstić information content (AvgIpc) is 3.09. The van der Waals surface area contributed by atoms with Crippen LogP contribution in [0.4, 0.5) is 0 Å². The number of carbonyl (C=O) groups excluding carboxylic acids is 1. The van der Waals surface area contributed by atoms with E-state index in [0.717, 1.165) is 42.1 Å². The molecular weight excluding hydrogens is 338 g/mol. The molecule has 3 aromatic rings. The first-order valence-electron chi connectivity index (χ1n) is 9.48. The number of nitrogens with one attached hydrogen (secondary N) is 1. The summed E-state index contributed by atoms with van der Waals surface area (Å²) in [4.78, 5) is 24.0. The predicted octanol–water partition coefficient (Wildman–Crippen LogP) is 3.15. The van der Waals surface area contributed by atoms with Gasteiger partial charge in [-0.1, -0.05) is 24.3 Å². The number of benzene rings is 1. The molecule has 0 fully saturated rings. The summed E-state index contributed by atoms with van der Waals surface area (Å²) in [5.74, 6) is 0.831. The fraction of sp³-hybridized carbons (Fsp3) is 0.381. The van der Waals surface area contributed by atoms with Crippen molar-refractivity contribution in [2.45, 2.75) is 45.9 Å². The van der Waals surface area contributed by atoms with Gasteiger partial charge >= 0.3 is 0 Å². The Kier molecular flexibility index (Phi) is 4.66. The molecule has 0 saturated heterocycles. The topological polar surface area (TPSA) is 63.1 Å². The van der Waals surface area contributed by atoms with E-state index in [-0.39, 0.29) is 18.0 Å². The number of hydrogen-bond donors (Lipinski definition) is 1. The lowest BCUT2D eigenvalue weighted by molar-refractivity contribution is 0.0938. The van der Waals surface area contributed by atoms with Crippen LogP contribution in [0.5, 0.6) is 0 Å². The third-order valence-electron chi connectivity index (χ3n) is 5.03. The first-order valence-corrected chi connectivity index (χ1v) is 9.48. The van der Waals surface area contributed by atoms with E-state index in [0.29, 0.717) is 5.69 Å². The highest BCUT2D eigenvalue weighted by atomic mass is 16.2. The molecule has 0 aliphatic carbocycles. The molecule has 0 spiro atoms. The molecule has 0 radical (unpaired) electrons. The van der Waals surface area contributed by atoms with Gasteiger partial charge in [-0.2, -0.15) is 0 Å². The lowest BCUT2D eigenvalue weighted by atomic mass is 10.1. The largest absolute Gasteiger partial charge is 0.348 e. The number of para-hydroxylation sites is 1. The number of aromatic nitrogens is 3. The number of rotatable bonds is 4. The van der Waals surface area contributed by atoms with E-state index in [2.05, 4.69) is 44.9 Å². The van der Waals surface area contributed by atoms with Crippen molar-refractivity contribution in [3.8, 4) is 0 Å². The van der Waals surface area contributed by atoms with E-state index < -0.39 is 0 Å². The van der Waals surface area contributed by atoms with Crippen molar-refractivity contribution >= 4 is 16.8 Å². The van der Waals surface area contributed by atoms with E-state index in [9.17, 15) is 4.79 Å². The van der Waals surface area contributed by atoms with E-state index in [1.54, 1.807) is 0 Å². The second-order valence-electron chi connectivity index (χ2n) is 7.45. The lowest BCUT2D eigenvalue weighted by Crippen LogP contribution is -2.36. The average molecular weight is 363 g/mol. The SMILES string of the molecule is CC(C)NC(=O)c1cn2c(n1)C(C)N(Cc1ccc3ccccc3n1)CC2. The highest BCUT2D eigenvalue weighted by Crippen LogP contribution is 2.26. The van der Waals surface area contributed by atoms with Gasteiger partial charge in [0.1, 0.15) is 11.5 Å². The quantitative estimate of drug-likeness (QED) is 0.773. The summed E-state index contributed by atoms with van der Waals surface area (Å²) in [5, 5.41) is 4.07. The Morgan fingerprint density at radius 1 is 1.19 bits per heavy atom. The van der Waals surface area contributed by atoms with Crippen molar-refractivity contribution in [1.82, 2.24) is 24.8 Å². The molecule has 3 heterocycles. The zero-order valence-electron chi connectivity index (χ0n) is 16.0. The van der Waals surface area contributed by atoms with Gasteiger partial charge < -0.3 is 9.88 Å². The minimum Gasteiger partial charge on any atom is -0.348 e. The smallest absolute Gasteiger partial charge is 0.271 e. The minimum atomic E-state index is -0.109. The molecule has 27 heavy (non-hydrogen) atoms. The van der Waals surface area contributed by atoms with Gasteiger partial charge in [0.15, 0.2) is 0 Å². The van der Waals surface area contributed by atoms with Gasteiger partial charge in [-0.15, -0.1) is 0 Å². The van der Waals surface area contributed by atoms with Crippen LogP contribution in [0, 0.1) is 0 Å². The maximum atomic E-state index is 12.3. The molecule has 2 aromatic heterocycles. The molecular formula is C21H25N5O. The molecule has 140 valence electrons. The van der Waals surface area contributed by atoms with Crippen LogP contribution in [-0.4, -0.2) is 37.9 Å². The first-order chi connectivity index (χ1) is 13.0. The van der Waals surface area contributed by atoms with Crippen LogP contribution in [0.3, 0.4) is 0 Å². The van der Waals surface area contributed by atoms with Gasteiger partial charge in [0.05, 0.1) is 17.3 Å². The van der Waals surface area contributed by atoms with E-state index in [1.807, 2.05) is 38.2 Å². The zero-order valence-corrected chi connectivity index (χ0v) is 16.0. The summed E-state index contributed by atoms with van der Waals surface area (Å²) in [6.45, 7) is 8.55. The molecule has 0 saturated carbocycles. The third-order valence-corrected chi connectivity index (χ3v) is 5.03. The Labute approximate surface area is 159 Å². The molecule has 1 aromatic carbocycles. The Morgan fingerprint density at radius 3 is 2.81 bits per heavy atom. The monoisotopic (exact) mass is 363 g/mol. The number of fused-ring (bicyclic) bond motifs is 2. The molecule has 6 heteroatoms. The van der Waals surface area contributed by atoms with Crippen molar-refractivity contribution in [2.75, 3.05) is 6.54 Å². The third kappa shape index (κ3) is 3.57. The molecule has 1 N–H and O–H groups in total. The fourth-order valence-electron chi connectivity index (χ4n) is 3.60. The van der Waals surface area contributed by atoms with E-state index in [4.69, 9.17) is 4.98 Å². The summed E-state index contributed by atoms with van der Waals surface area (Å²) < 4.78 is 2.10. The maximum absolute atomic E-state index is 12.3. The summed E-state index contributed by atoms with van der Waals surface area (Å²) >= 11 is 0. The summed E-state index contributed by atoms with van der Waals surface area (Å²) in [6.07, 6.45) is 1.87. The van der Waals surface area contributed by atoms with E-state index >= 15 is 0 Å². The van der Waals surface area contributed by atoms with Crippen LogP contribution >= 0.6 is 0 Å². The Balaban J connectivity index is 1.53. The normalized spacial score (nSPS) is 17.3. The number of amides is 1. The molecule has 1 aliphatic heterocycles. The van der Waals surface area contributed by atoms with Crippen LogP contribution in [0.15, 0.2) is 42.6 Å². The highest BCUT2D eigenvalue weighted by Gasteiger charge is 2.28. The maximum Gasteiger partial charge on any atom is 0.271 e. The Morgan fingerprint density at radius 2 is 2.00 bits per heavy atom. The van der Waals surface area contributed by atoms with Crippen LogP contribution in [0.1, 0.15) is 48.8 Å². The van der Waals surface area contributed by atoms with Crippen molar-refractivity contribution < 1.29 is 4.79 Å². The number of hydrogen-bond acceptors (Lipinski definition) is 4. The molecule has 4 rings (SSSR count). The van der Waals surface area contributed by atoms with Gasteiger partial charge in [0.25, 0.3) is 5.91 Å². The van der Waals surface area contributed by atoms with Crippen molar-refractivity contribution in [2.24, 2.45) is 0 Å². The van der Waals surface area contributed by atoms with Gasteiger partial charge in [-0.25, -0.2) is 4.98 Å². The van der Waals surface area contributed by atoms with Gasteiger partial charge in [-0.05, 0) is 32.9 Å². The number of carbonyl (C=O) groups is 1. The van der Waals surface area contributed by atoms with Gasteiger partial charge in [0.2, 0.25) is 0 Å². The Bertz CT molecular complexity index is 978. The van der Waals surface area contributed by atoms with Gasteiger partial charge in [0, 0.05) is 37.3 Å². The number of pyridine rings is 1. The van der Waals surface area contributed by atoms with Crippen molar-refractivity contribution in [1.29, 1.82) is 0 Å². The second kappa shape index (κ2) is 7.12. The highest BCUT2D eigenvalue weighted by molar-refractivity contribution is 5.92. The molecule has 1 aliphatic rings. The fourth-order valence-corrected chi connectivity index (χ4v) is 3.60. The summed E-state index contributed by atoms with van der Waals surface area (Å²) in [7, 11) is 0. The van der Waals surface area contributed by atoms with Gasteiger partial charge in [-0.3, -0.25) is 14.7 Å². The molecule has 0 bridgehead atoms. The van der Waals surface area contributed by atoms with Crippen LogP contribution < -0.4 is 5.32 Å².